The number of carbonyl (C=O) groups excluding carboxylic acids is 6. The number of amides is 6. The summed E-state index contributed by atoms with van der Waals surface area (Å²) in [4.78, 5) is 104. The molecule has 1 aliphatic heterocycles. The van der Waals surface area contributed by atoms with Crippen molar-refractivity contribution in [2.45, 2.75) is 68.0 Å². The predicted molar refractivity (Wildman–Crippen MR) is 228 cm³/mol. The first kappa shape index (κ1) is 48.6. The summed E-state index contributed by atoms with van der Waals surface area (Å²) >= 11 is 0.950. The first-order valence-electron chi connectivity index (χ1n) is 19.2. The number of benzene rings is 1. The van der Waals surface area contributed by atoms with Crippen molar-refractivity contribution in [2.75, 3.05) is 37.4 Å². The van der Waals surface area contributed by atoms with E-state index in [1.807, 2.05) is 0 Å². The van der Waals surface area contributed by atoms with E-state index in [1.165, 1.54) is 55.2 Å². The number of aromatic nitrogens is 2. The number of guanidine groups is 1. The number of pyridine rings is 1. The summed E-state index contributed by atoms with van der Waals surface area (Å²) in [5, 5.41) is 27.4. The zero-order valence-corrected chi connectivity index (χ0v) is 35.4. The fourth-order valence-electron chi connectivity index (χ4n) is 5.97. The minimum absolute atomic E-state index is 0.0233. The third-order valence-electron chi connectivity index (χ3n) is 9.07. The number of nitrogens with two attached hydrogens (primary N) is 2. The number of fused-ring (bicyclic) bond motifs is 2. The standard InChI is InChI=1S/C37H47N13O11S2/c1-50-26(9-6-14-41-36(38)39)34(57)43-19-30(52)47-25(16-31(53)54)33(56)48-37-45-23(20-62-37)15-29(51)46-24(35(50)58)8-4-5-13-40-32(55)22-11-12-28(42-17-22)49-44-18-21-7-2-3-10-27(21)63(59,60)61/h2-3,7,10-12,17-18,20,24-26H,4-6,8-9,13-16,19H2,1H3,(H,40,55)(H,42,49)(H,43,57)(H,46,51)(H,47,52)(H,53,54)(H4,38,39,41)(H,45,48,56)(H,59,60,61)/t24-,25+,26+/m1/s1. The van der Waals surface area contributed by atoms with Gasteiger partial charge in [0.2, 0.25) is 29.5 Å². The van der Waals surface area contributed by atoms with Crippen LogP contribution in [-0.2, 0) is 45.3 Å². The van der Waals surface area contributed by atoms with Crippen molar-refractivity contribution < 1.29 is 51.6 Å². The Morgan fingerprint density at radius 2 is 1.75 bits per heavy atom. The van der Waals surface area contributed by atoms with Crippen molar-refractivity contribution in [1.29, 1.82) is 0 Å². The molecule has 26 heteroatoms. The SMILES string of the molecule is CN1C(=O)[C@@H](CCCCNC(=O)c2ccc(NN=Cc3ccccc3S(=O)(=O)O)nc2)NC(=O)Cc2csc(n2)NC(=O)[C@H](CC(=O)O)NC(=O)CNC(=O)[C@@H]1CCCN=C(N)N. The van der Waals surface area contributed by atoms with Crippen LogP contribution >= 0.6 is 11.3 Å². The fraction of sp³-hybridized carbons (Fsp3) is 0.378. The monoisotopic (exact) mass is 913 g/mol. The largest absolute Gasteiger partial charge is 0.481 e. The van der Waals surface area contributed by atoms with Crippen LogP contribution in [0.4, 0.5) is 10.9 Å². The highest BCUT2D eigenvalue weighted by Gasteiger charge is 2.33. The molecule has 338 valence electrons. The summed E-state index contributed by atoms with van der Waals surface area (Å²) in [6.45, 7) is -0.407. The Kier molecular flexibility index (Phi) is 17.9. The van der Waals surface area contributed by atoms with E-state index in [0.717, 1.165) is 16.2 Å². The molecule has 0 spiro atoms. The van der Waals surface area contributed by atoms with E-state index < -0.39 is 82.6 Å². The summed E-state index contributed by atoms with van der Waals surface area (Å²) in [6.07, 6.45) is 2.38. The summed E-state index contributed by atoms with van der Waals surface area (Å²) in [7, 11) is -3.12. The maximum absolute atomic E-state index is 14.1. The first-order chi connectivity index (χ1) is 29.9. The number of thiazole rings is 1. The van der Waals surface area contributed by atoms with Crippen LogP contribution in [0.15, 0.2) is 63.0 Å². The van der Waals surface area contributed by atoms with Crippen LogP contribution in [0.1, 0.15) is 60.1 Å². The van der Waals surface area contributed by atoms with E-state index in [2.05, 4.69) is 52.1 Å². The molecule has 12 N–H and O–H groups in total. The average Bonchev–Trinajstić information content (AvgIpc) is 3.66. The highest BCUT2D eigenvalue weighted by Crippen LogP contribution is 2.18. The highest BCUT2D eigenvalue weighted by molar-refractivity contribution is 7.86. The number of unbranched alkanes of at least 4 members (excludes halogenated alkanes) is 1. The van der Waals surface area contributed by atoms with Crippen molar-refractivity contribution in [3.63, 3.8) is 0 Å². The average molecular weight is 914 g/mol. The van der Waals surface area contributed by atoms with Crippen molar-refractivity contribution in [3.05, 3.63) is 64.8 Å². The van der Waals surface area contributed by atoms with Gasteiger partial charge in [0.1, 0.15) is 28.8 Å². The number of anilines is 2. The molecule has 3 atom stereocenters. The van der Waals surface area contributed by atoms with Gasteiger partial charge in [-0.15, -0.1) is 11.3 Å². The molecule has 0 aliphatic carbocycles. The lowest BCUT2D eigenvalue weighted by Gasteiger charge is -2.31. The molecular formula is C37H47N13O11S2. The number of aliphatic carboxylic acids is 1. The van der Waals surface area contributed by atoms with Gasteiger partial charge in [-0.25, -0.2) is 9.97 Å². The Labute approximate surface area is 364 Å². The number of nitrogens with one attached hydrogen (secondary N) is 6. The topological polar surface area (TPSA) is 372 Å². The lowest BCUT2D eigenvalue weighted by molar-refractivity contribution is -0.142. The van der Waals surface area contributed by atoms with E-state index in [4.69, 9.17) is 11.5 Å². The quantitative estimate of drug-likeness (QED) is 0.0264. The lowest BCUT2D eigenvalue weighted by atomic mass is 10.0. The molecule has 0 saturated heterocycles. The third kappa shape index (κ3) is 15.7. The second-order valence-corrected chi connectivity index (χ2v) is 16.1. The van der Waals surface area contributed by atoms with Crippen LogP contribution in [0.5, 0.6) is 0 Å². The van der Waals surface area contributed by atoms with Crippen LogP contribution in [0, 0.1) is 0 Å². The van der Waals surface area contributed by atoms with E-state index >= 15 is 0 Å². The molecule has 63 heavy (non-hydrogen) atoms. The van der Waals surface area contributed by atoms with Crippen LogP contribution in [0.2, 0.25) is 0 Å². The molecule has 1 aliphatic rings. The number of rotatable bonds is 16. The molecule has 1 aromatic carbocycles. The maximum atomic E-state index is 14.1. The van der Waals surface area contributed by atoms with Crippen LogP contribution in [0.25, 0.3) is 0 Å². The number of carboxylic acid groups (broad SMARTS) is 1. The minimum atomic E-state index is -4.47. The summed E-state index contributed by atoms with van der Waals surface area (Å²) in [5.74, 6) is -5.58. The summed E-state index contributed by atoms with van der Waals surface area (Å²) in [5.41, 5.74) is 14.0. The number of carboxylic acids is 1. The van der Waals surface area contributed by atoms with Crippen molar-refractivity contribution in [2.24, 2.45) is 21.6 Å². The van der Waals surface area contributed by atoms with Gasteiger partial charge in [0.15, 0.2) is 11.1 Å². The highest BCUT2D eigenvalue weighted by atomic mass is 32.2. The van der Waals surface area contributed by atoms with Gasteiger partial charge in [-0.3, -0.25) is 48.5 Å². The Balaban J connectivity index is 1.42. The zero-order chi connectivity index (χ0) is 46.1. The smallest absolute Gasteiger partial charge is 0.305 e. The second kappa shape index (κ2) is 23.2. The van der Waals surface area contributed by atoms with Gasteiger partial charge in [-0.05, 0) is 50.3 Å². The van der Waals surface area contributed by atoms with E-state index in [-0.39, 0.29) is 77.4 Å². The molecule has 0 fully saturated rings. The Morgan fingerprint density at radius 1 is 1.00 bits per heavy atom. The number of hydrogen-bond donors (Lipinski definition) is 10. The first-order valence-corrected chi connectivity index (χ1v) is 21.5. The lowest BCUT2D eigenvalue weighted by Crippen LogP contribution is -2.55. The number of hydrazone groups is 1. The Bertz CT molecular complexity index is 2320. The number of likely N-dealkylation sites (N-methyl/N-ethyl adjacent to an activating group) is 1. The normalized spacial score (nSPS) is 18.0. The molecule has 4 rings (SSSR count). The Hall–Kier alpha value is -7.06. The van der Waals surface area contributed by atoms with Crippen LogP contribution in [-0.4, -0.2) is 131 Å². The fourth-order valence-corrected chi connectivity index (χ4v) is 7.36. The molecule has 0 unspecified atom stereocenters. The van der Waals surface area contributed by atoms with Crippen LogP contribution < -0.4 is 43.5 Å². The van der Waals surface area contributed by atoms with Gasteiger partial charge >= 0.3 is 5.97 Å². The molecular weight excluding hydrogens is 867 g/mol. The Morgan fingerprint density at radius 3 is 2.44 bits per heavy atom. The predicted octanol–water partition coefficient (Wildman–Crippen LogP) is -1.23. The summed E-state index contributed by atoms with van der Waals surface area (Å²) in [6, 6.07) is 4.73. The molecule has 0 saturated carbocycles. The van der Waals surface area contributed by atoms with E-state index in [1.54, 1.807) is 6.07 Å². The van der Waals surface area contributed by atoms with Gasteiger partial charge in [-0.1, -0.05) is 18.2 Å². The van der Waals surface area contributed by atoms with Gasteiger partial charge in [0, 0.05) is 37.3 Å². The molecule has 3 aromatic rings. The molecule has 0 radical (unpaired) electrons. The van der Waals surface area contributed by atoms with Crippen molar-refractivity contribution in [1.82, 2.24) is 36.1 Å². The molecule has 6 amide bonds. The second-order valence-electron chi connectivity index (χ2n) is 13.8. The summed E-state index contributed by atoms with van der Waals surface area (Å²) < 4.78 is 32.6. The van der Waals surface area contributed by atoms with Crippen LogP contribution in [0.3, 0.4) is 0 Å². The van der Waals surface area contributed by atoms with E-state index in [0.29, 0.717) is 12.8 Å². The molecule has 2 bridgehead atoms. The van der Waals surface area contributed by atoms with Gasteiger partial charge < -0.3 is 48.1 Å². The molecule has 3 heterocycles. The number of aliphatic imine (C=N–C) groups is 1. The number of carbonyl (C=O) groups is 7. The van der Waals surface area contributed by atoms with Crippen molar-refractivity contribution >= 4 is 86.0 Å². The van der Waals surface area contributed by atoms with Gasteiger partial charge in [0.05, 0.1) is 36.9 Å². The zero-order valence-electron chi connectivity index (χ0n) is 33.8. The minimum Gasteiger partial charge on any atom is -0.481 e. The third-order valence-corrected chi connectivity index (χ3v) is 10.8. The van der Waals surface area contributed by atoms with Crippen molar-refractivity contribution in [3.8, 4) is 0 Å². The maximum Gasteiger partial charge on any atom is 0.305 e. The molecule has 24 nitrogen and oxygen atoms in total. The van der Waals surface area contributed by atoms with Gasteiger partial charge in [-0.2, -0.15) is 13.5 Å². The van der Waals surface area contributed by atoms with E-state index in [9.17, 15) is 51.6 Å². The van der Waals surface area contributed by atoms with Gasteiger partial charge in [0.25, 0.3) is 16.0 Å². The number of nitrogens with zero attached hydrogens (tertiary/aromatic N) is 5. The number of hydrogen-bond acceptors (Lipinski definition) is 15. The molecule has 2 aromatic heterocycles.